The van der Waals surface area contributed by atoms with Gasteiger partial charge in [-0.1, -0.05) is 42.5 Å². The van der Waals surface area contributed by atoms with Crippen molar-refractivity contribution in [2.24, 2.45) is 0 Å². The molecule has 2 aromatic carbocycles. The number of aliphatic hydroxyl groups is 1. The Morgan fingerprint density at radius 2 is 1.67 bits per heavy atom. The Kier molecular flexibility index (Phi) is 4.45. The number of aliphatic hydroxyl groups excluding tert-OH is 1. The summed E-state index contributed by atoms with van der Waals surface area (Å²) in [4.78, 5) is 0. The van der Waals surface area contributed by atoms with Crippen LogP contribution in [0.15, 0.2) is 54.6 Å². The summed E-state index contributed by atoms with van der Waals surface area (Å²) in [6.45, 7) is 0.294. The molecule has 3 heteroatoms. The van der Waals surface area contributed by atoms with Crippen molar-refractivity contribution in [1.29, 1.82) is 0 Å². The van der Waals surface area contributed by atoms with E-state index in [9.17, 15) is 9.50 Å². The summed E-state index contributed by atoms with van der Waals surface area (Å²) in [5, 5.41) is 9.31. The molecule has 0 amide bonds. The van der Waals surface area contributed by atoms with Gasteiger partial charge in [-0.2, -0.15) is 0 Å². The van der Waals surface area contributed by atoms with Crippen LogP contribution in [0.25, 0.3) is 0 Å². The Labute approximate surface area is 106 Å². The van der Waals surface area contributed by atoms with Gasteiger partial charge < -0.3 is 9.84 Å². The first-order chi connectivity index (χ1) is 8.79. The molecule has 0 fully saturated rings. The minimum absolute atomic E-state index is 0.127. The van der Waals surface area contributed by atoms with Crippen molar-refractivity contribution in [3.8, 4) is 0 Å². The molecule has 0 radical (unpaired) electrons. The minimum Gasteiger partial charge on any atom is -0.393 e. The first-order valence-corrected chi connectivity index (χ1v) is 5.81. The van der Waals surface area contributed by atoms with Gasteiger partial charge in [0.2, 0.25) is 0 Å². The summed E-state index contributed by atoms with van der Waals surface area (Å²) in [5.74, 6) is -0.293. The van der Waals surface area contributed by atoms with Gasteiger partial charge in [0.25, 0.3) is 0 Å². The van der Waals surface area contributed by atoms with Gasteiger partial charge in [0.05, 0.1) is 13.2 Å². The van der Waals surface area contributed by atoms with Crippen LogP contribution in [0.5, 0.6) is 0 Å². The fourth-order valence-corrected chi connectivity index (χ4v) is 1.70. The molecular formula is C15H15FO2. The molecule has 0 aromatic heterocycles. The lowest BCUT2D eigenvalue weighted by atomic mass is 10.1. The Balaban J connectivity index is 1.99. The predicted octanol–water partition coefficient (Wildman–Crippen LogP) is 3.08. The summed E-state index contributed by atoms with van der Waals surface area (Å²) in [5.41, 5.74) is 1.81. The van der Waals surface area contributed by atoms with Gasteiger partial charge >= 0.3 is 0 Å². The van der Waals surface area contributed by atoms with Crippen LogP contribution in [-0.2, 0) is 11.3 Å². The van der Waals surface area contributed by atoms with Crippen molar-refractivity contribution in [3.05, 3.63) is 71.5 Å². The molecule has 0 heterocycles. The third-order valence-corrected chi connectivity index (χ3v) is 2.70. The van der Waals surface area contributed by atoms with Crippen molar-refractivity contribution in [3.63, 3.8) is 0 Å². The maximum absolute atomic E-state index is 12.8. The molecule has 0 aliphatic rings. The van der Waals surface area contributed by atoms with Crippen LogP contribution in [0.1, 0.15) is 17.2 Å². The van der Waals surface area contributed by atoms with Gasteiger partial charge in [-0.15, -0.1) is 0 Å². The van der Waals surface area contributed by atoms with Gasteiger partial charge in [0.15, 0.2) is 0 Å². The van der Waals surface area contributed by atoms with E-state index in [2.05, 4.69) is 0 Å². The van der Waals surface area contributed by atoms with Crippen LogP contribution in [0, 0.1) is 5.82 Å². The molecule has 1 atom stereocenters. The van der Waals surface area contributed by atoms with Crippen molar-refractivity contribution >= 4 is 0 Å². The van der Waals surface area contributed by atoms with Crippen LogP contribution in [0.4, 0.5) is 4.39 Å². The van der Waals surface area contributed by atoms with E-state index in [1.54, 1.807) is 12.1 Å². The largest absolute Gasteiger partial charge is 0.393 e. The van der Waals surface area contributed by atoms with E-state index < -0.39 is 6.10 Å². The summed E-state index contributed by atoms with van der Waals surface area (Å²) >= 11 is 0. The highest BCUT2D eigenvalue weighted by molar-refractivity contribution is 5.19. The predicted molar refractivity (Wildman–Crippen MR) is 67.5 cm³/mol. The Bertz CT molecular complexity index is 468. The van der Waals surface area contributed by atoms with Crippen LogP contribution in [0.2, 0.25) is 0 Å². The van der Waals surface area contributed by atoms with E-state index in [4.69, 9.17) is 4.74 Å². The molecule has 0 aliphatic heterocycles. The lowest BCUT2D eigenvalue weighted by Gasteiger charge is -2.16. The quantitative estimate of drug-likeness (QED) is 0.878. The molecule has 18 heavy (non-hydrogen) atoms. The highest BCUT2D eigenvalue weighted by Crippen LogP contribution is 2.19. The van der Waals surface area contributed by atoms with E-state index in [0.29, 0.717) is 6.61 Å². The van der Waals surface area contributed by atoms with Gasteiger partial charge in [-0.3, -0.25) is 0 Å². The van der Waals surface area contributed by atoms with Crippen molar-refractivity contribution in [1.82, 2.24) is 0 Å². The standard InChI is InChI=1S/C15H15FO2/c16-14-8-6-13(7-9-14)15(10-17)18-11-12-4-2-1-3-5-12/h1-9,15,17H,10-11H2. The fourth-order valence-electron chi connectivity index (χ4n) is 1.70. The fraction of sp³-hybridized carbons (Fsp3) is 0.200. The third kappa shape index (κ3) is 3.39. The highest BCUT2D eigenvalue weighted by Gasteiger charge is 2.10. The molecular weight excluding hydrogens is 231 g/mol. The van der Waals surface area contributed by atoms with E-state index in [-0.39, 0.29) is 12.4 Å². The number of hydrogen-bond acceptors (Lipinski definition) is 2. The highest BCUT2D eigenvalue weighted by atomic mass is 19.1. The van der Waals surface area contributed by atoms with Gasteiger partial charge in [-0.25, -0.2) is 4.39 Å². The normalized spacial score (nSPS) is 12.3. The molecule has 1 unspecified atom stereocenters. The second-order valence-electron chi connectivity index (χ2n) is 4.02. The number of hydrogen-bond donors (Lipinski definition) is 1. The Hall–Kier alpha value is -1.71. The second-order valence-corrected chi connectivity index (χ2v) is 4.02. The zero-order chi connectivity index (χ0) is 12.8. The average Bonchev–Trinajstić information content (AvgIpc) is 2.42. The molecule has 0 bridgehead atoms. The second kappa shape index (κ2) is 6.28. The van der Waals surface area contributed by atoms with Crippen LogP contribution < -0.4 is 0 Å². The summed E-state index contributed by atoms with van der Waals surface area (Å²) in [6, 6.07) is 15.7. The molecule has 0 saturated heterocycles. The van der Waals surface area contributed by atoms with Crippen LogP contribution in [0.3, 0.4) is 0 Å². The molecule has 94 valence electrons. The molecule has 2 aromatic rings. The smallest absolute Gasteiger partial charge is 0.123 e. The van der Waals surface area contributed by atoms with Gasteiger partial charge in [-0.05, 0) is 23.3 Å². The van der Waals surface area contributed by atoms with Gasteiger partial charge in [0.1, 0.15) is 11.9 Å². The van der Waals surface area contributed by atoms with Gasteiger partial charge in [0, 0.05) is 0 Å². The first-order valence-electron chi connectivity index (χ1n) is 5.81. The van der Waals surface area contributed by atoms with Crippen molar-refractivity contribution in [2.75, 3.05) is 6.61 Å². The third-order valence-electron chi connectivity index (χ3n) is 2.70. The van der Waals surface area contributed by atoms with Crippen LogP contribution >= 0.6 is 0 Å². The maximum atomic E-state index is 12.8. The number of ether oxygens (including phenoxy) is 1. The average molecular weight is 246 g/mol. The molecule has 1 N–H and O–H groups in total. The molecule has 2 rings (SSSR count). The Morgan fingerprint density at radius 3 is 2.28 bits per heavy atom. The zero-order valence-electron chi connectivity index (χ0n) is 9.92. The number of benzene rings is 2. The van der Waals surface area contributed by atoms with Crippen molar-refractivity contribution in [2.45, 2.75) is 12.7 Å². The SMILES string of the molecule is OCC(OCc1ccccc1)c1ccc(F)cc1. The van der Waals surface area contributed by atoms with E-state index in [1.807, 2.05) is 30.3 Å². The van der Waals surface area contributed by atoms with E-state index >= 15 is 0 Å². The summed E-state index contributed by atoms with van der Waals surface area (Å²) < 4.78 is 18.4. The lowest BCUT2D eigenvalue weighted by Crippen LogP contribution is -2.09. The van der Waals surface area contributed by atoms with E-state index in [1.165, 1.54) is 12.1 Å². The lowest BCUT2D eigenvalue weighted by molar-refractivity contribution is 0.00107. The van der Waals surface area contributed by atoms with Crippen molar-refractivity contribution < 1.29 is 14.2 Å². The zero-order valence-corrected chi connectivity index (χ0v) is 9.92. The number of rotatable bonds is 5. The van der Waals surface area contributed by atoms with Crippen LogP contribution in [-0.4, -0.2) is 11.7 Å². The minimum atomic E-state index is -0.425. The summed E-state index contributed by atoms with van der Waals surface area (Å²) in [7, 11) is 0. The maximum Gasteiger partial charge on any atom is 0.123 e. The van der Waals surface area contributed by atoms with E-state index in [0.717, 1.165) is 11.1 Å². The molecule has 0 spiro atoms. The number of halogens is 1. The molecule has 0 aliphatic carbocycles. The Morgan fingerprint density at radius 1 is 1.00 bits per heavy atom. The summed E-state index contributed by atoms with van der Waals surface area (Å²) in [6.07, 6.45) is -0.425. The molecule has 0 saturated carbocycles. The monoisotopic (exact) mass is 246 g/mol. The first kappa shape index (κ1) is 12.7. The topological polar surface area (TPSA) is 29.5 Å². The molecule has 2 nitrogen and oxygen atoms in total.